The van der Waals surface area contributed by atoms with Crippen LogP contribution in [-0.4, -0.2) is 34.1 Å². The highest BCUT2D eigenvalue weighted by atomic mass is 32.2. The molecule has 28 heavy (non-hydrogen) atoms. The van der Waals surface area contributed by atoms with Crippen LogP contribution in [0.1, 0.15) is 22.8 Å². The molecule has 2 aromatic rings. The van der Waals surface area contributed by atoms with E-state index in [1.807, 2.05) is 0 Å². The van der Waals surface area contributed by atoms with Crippen LogP contribution in [0.5, 0.6) is 0 Å². The maximum atomic E-state index is 13.0. The highest BCUT2D eigenvalue weighted by Crippen LogP contribution is 2.32. The Labute approximate surface area is 160 Å². The first-order chi connectivity index (χ1) is 13.0. The van der Waals surface area contributed by atoms with Crippen LogP contribution >= 0.6 is 0 Å². The second-order valence-corrected chi connectivity index (χ2v) is 7.71. The normalized spacial score (nSPS) is 13.2. The van der Waals surface area contributed by atoms with E-state index in [2.05, 4.69) is 10.0 Å². The Morgan fingerprint density at radius 3 is 2.29 bits per heavy atom. The smallest absolute Gasteiger partial charge is 0.383 e. The number of hydrogen-bond acceptors (Lipinski definition) is 4. The van der Waals surface area contributed by atoms with Crippen molar-refractivity contribution in [3.05, 3.63) is 59.7 Å². The van der Waals surface area contributed by atoms with Crippen molar-refractivity contribution in [3.63, 3.8) is 0 Å². The van der Waals surface area contributed by atoms with E-state index in [1.54, 1.807) is 6.92 Å². The Morgan fingerprint density at radius 2 is 1.71 bits per heavy atom. The second kappa shape index (κ2) is 8.72. The lowest BCUT2D eigenvalue weighted by Gasteiger charge is -2.14. The van der Waals surface area contributed by atoms with E-state index in [9.17, 15) is 26.4 Å². The van der Waals surface area contributed by atoms with Gasteiger partial charge in [0.05, 0.1) is 22.6 Å². The fourth-order valence-corrected chi connectivity index (χ4v) is 3.69. The number of hydrogen-bond donors (Lipinski definition) is 2. The molecule has 0 bridgehead atoms. The second-order valence-electron chi connectivity index (χ2n) is 6.00. The van der Waals surface area contributed by atoms with Gasteiger partial charge >= 0.3 is 6.18 Å². The highest BCUT2D eigenvalue weighted by molar-refractivity contribution is 7.89. The van der Waals surface area contributed by atoms with Gasteiger partial charge in [0.1, 0.15) is 0 Å². The minimum absolute atomic E-state index is 0.0517. The average Bonchev–Trinajstić information content (AvgIpc) is 2.61. The lowest BCUT2D eigenvalue weighted by atomic mass is 10.1. The van der Waals surface area contributed by atoms with E-state index in [0.29, 0.717) is 0 Å². The fourth-order valence-electron chi connectivity index (χ4n) is 2.46. The summed E-state index contributed by atoms with van der Waals surface area (Å²) in [6.07, 6.45) is -4.67. The molecule has 152 valence electrons. The standard InChI is InChI=1S/C18H19F3N2O4S/c1-12(11-27-2)23-28(25,26)14-9-7-13(8-10-14)22-17(24)15-5-3-4-6-16(15)18(19,20)21/h3-10,12,23H,11H2,1-2H3,(H,22,24)/t12-/m1/s1. The summed E-state index contributed by atoms with van der Waals surface area (Å²) in [6, 6.07) is 9.03. The number of anilines is 1. The predicted octanol–water partition coefficient (Wildman–Crippen LogP) is 3.27. The summed E-state index contributed by atoms with van der Waals surface area (Å²) in [4.78, 5) is 12.2. The van der Waals surface area contributed by atoms with Crippen LogP contribution in [0, 0.1) is 0 Å². The Kier molecular flexibility index (Phi) is 6.81. The number of methoxy groups -OCH3 is 1. The van der Waals surface area contributed by atoms with Gasteiger partial charge in [0.25, 0.3) is 5.91 Å². The number of rotatable bonds is 7. The zero-order chi connectivity index (χ0) is 20.9. The maximum absolute atomic E-state index is 13.0. The van der Waals surface area contributed by atoms with Crippen molar-refractivity contribution in [2.24, 2.45) is 0 Å². The number of nitrogens with one attached hydrogen (secondary N) is 2. The molecule has 2 rings (SSSR count). The molecule has 0 saturated carbocycles. The van der Waals surface area contributed by atoms with Crippen LogP contribution in [0.15, 0.2) is 53.4 Å². The van der Waals surface area contributed by atoms with Crippen molar-refractivity contribution in [3.8, 4) is 0 Å². The number of carbonyl (C=O) groups excluding carboxylic acids is 1. The summed E-state index contributed by atoms with van der Waals surface area (Å²) in [7, 11) is -2.35. The first-order valence-corrected chi connectivity index (χ1v) is 9.62. The predicted molar refractivity (Wildman–Crippen MR) is 97.5 cm³/mol. The molecule has 1 atom stereocenters. The van der Waals surface area contributed by atoms with Crippen molar-refractivity contribution in [2.75, 3.05) is 19.0 Å². The molecule has 2 aromatic carbocycles. The van der Waals surface area contributed by atoms with Gasteiger partial charge in [-0.1, -0.05) is 12.1 Å². The van der Waals surface area contributed by atoms with Crippen molar-refractivity contribution >= 4 is 21.6 Å². The molecule has 0 aliphatic carbocycles. The number of ether oxygens (including phenoxy) is 1. The summed E-state index contributed by atoms with van der Waals surface area (Å²) in [5, 5.41) is 2.34. The average molecular weight is 416 g/mol. The van der Waals surface area contributed by atoms with Crippen molar-refractivity contribution < 1.29 is 31.1 Å². The molecule has 0 aliphatic heterocycles. The Bertz CT molecular complexity index is 929. The summed E-state index contributed by atoms with van der Waals surface area (Å²) in [6.45, 7) is 1.82. The van der Waals surface area contributed by atoms with Crippen LogP contribution in [0.2, 0.25) is 0 Å². The quantitative estimate of drug-likeness (QED) is 0.726. The molecular formula is C18H19F3N2O4S. The van der Waals surface area contributed by atoms with Gasteiger partial charge in [-0.25, -0.2) is 13.1 Å². The molecule has 0 spiro atoms. The highest BCUT2D eigenvalue weighted by Gasteiger charge is 2.34. The number of alkyl halides is 3. The molecule has 10 heteroatoms. The summed E-state index contributed by atoms with van der Waals surface area (Å²) >= 11 is 0. The van der Waals surface area contributed by atoms with E-state index in [-0.39, 0.29) is 17.2 Å². The number of halogens is 3. The summed E-state index contributed by atoms with van der Waals surface area (Å²) < 4.78 is 70.9. The molecule has 0 unspecified atom stereocenters. The van der Waals surface area contributed by atoms with Crippen molar-refractivity contribution in [1.82, 2.24) is 4.72 Å². The van der Waals surface area contributed by atoms with Gasteiger partial charge in [-0.3, -0.25) is 4.79 Å². The zero-order valence-electron chi connectivity index (χ0n) is 15.1. The largest absolute Gasteiger partial charge is 0.417 e. The van der Waals surface area contributed by atoms with Gasteiger partial charge in [-0.2, -0.15) is 13.2 Å². The van der Waals surface area contributed by atoms with E-state index in [0.717, 1.165) is 12.1 Å². The van der Waals surface area contributed by atoms with Crippen LogP contribution in [0.25, 0.3) is 0 Å². The van der Waals surface area contributed by atoms with E-state index < -0.39 is 39.3 Å². The minimum Gasteiger partial charge on any atom is -0.383 e. The van der Waals surface area contributed by atoms with Gasteiger partial charge in [0.15, 0.2) is 0 Å². The van der Waals surface area contributed by atoms with E-state index in [1.165, 1.54) is 43.5 Å². The topological polar surface area (TPSA) is 84.5 Å². The molecule has 2 N–H and O–H groups in total. The lowest BCUT2D eigenvalue weighted by molar-refractivity contribution is -0.137. The summed E-state index contributed by atoms with van der Waals surface area (Å²) in [5.74, 6) is -0.949. The van der Waals surface area contributed by atoms with Crippen molar-refractivity contribution in [1.29, 1.82) is 0 Å². The third kappa shape index (κ3) is 5.54. The monoisotopic (exact) mass is 416 g/mol. The Morgan fingerprint density at radius 1 is 1.11 bits per heavy atom. The van der Waals surface area contributed by atoms with Crippen LogP contribution in [0.3, 0.4) is 0 Å². The van der Waals surface area contributed by atoms with Gasteiger partial charge in [0.2, 0.25) is 10.0 Å². The van der Waals surface area contributed by atoms with Gasteiger partial charge < -0.3 is 10.1 Å². The van der Waals surface area contributed by atoms with Gasteiger partial charge in [-0.15, -0.1) is 0 Å². The summed E-state index contributed by atoms with van der Waals surface area (Å²) in [5.41, 5.74) is -1.42. The number of carbonyl (C=O) groups is 1. The number of amides is 1. The maximum Gasteiger partial charge on any atom is 0.417 e. The fraction of sp³-hybridized carbons (Fsp3) is 0.278. The number of benzene rings is 2. The van der Waals surface area contributed by atoms with Crippen molar-refractivity contribution in [2.45, 2.75) is 24.0 Å². The molecule has 0 radical (unpaired) electrons. The molecule has 0 aliphatic rings. The number of sulfonamides is 1. The SMILES string of the molecule is COC[C@@H](C)NS(=O)(=O)c1ccc(NC(=O)c2ccccc2C(F)(F)F)cc1. The molecule has 0 saturated heterocycles. The first-order valence-electron chi connectivity index (χ1n) is 8.13. The molecule has 0 heterocycles. The van der Waals surface area contributed by atoms with Gasteiger partial charge in [0, 0.05) is 18.8 Å². The Hall–Kier alpha value is -2.43. The van der Waals surface area contributed by atoms with Crippen LogP contribution < -0.4 is 10.0 Å². The third-order valence-corrected chi connectivity index (χ3v) is 5.28. The van der Waals surface area contributed by atoms with E-state index >= 15 is 0 Å². The third-order valence-electron chi connectivity index (χ3n) is 3.67. The molecule has 0 aromatic heterocycles. The first kappa shape index (κ1) is 21.9. The van der Waals surface area contributed by atoms with Crippen LogP contribution in [0.4, 0.5) is 18.9 Å². The molecule has 6 nitrogen and oxygen atoms in total. The van der Waals surface area contributed by atoms with E-state index in [4.69, 9.17) is 4.74 Å². The molecular weight excluding hydrogens is 397 g/mol. The lowest BCUT2D eigenvalue weighted by Crippen LogP contribution is -2.35. The molecule has 1 amide bonds. The minimum atomic E-state index is -4.67. The molecule has 0 fully saturated rings. The zero-order valence-corrected chi connectivity index (χ0v) is 15.9. The Balaban J connectivity index is 2.16. The van der Waals surface area contributed by atoms with Gasteiger partial charge in [-0.05, 0) is 43.3 Å². The van der Waals surface area contributed by atoms with Crippen LogP contribution in [-0.2, 0) is 20.9 Å².